The average molecular weight is 268 g/mol. The Morgan fingerprint density at radius 2 is 1.95 bits per heavy atom. The third kappa shape index (κ3) is 5.07. The number of rotatable bonds is 3. The van der Waals surface area contributed by atoms with Crippen molar-refractivity contribution in [1.82, 2.24) is 10.2 Å². The van der Waals surface area contributed by atoms with Gasteiger partial charge in [0.15, 0.2) is 0 Å². The monoisotopic (exact) mass is 268 g/mol. The molecule has 0 aromatic carbocycles. The van der Waals surface area contributed by atoms with Crippen LogP contribution in [0.5, 0.6) is 0 Å². The van der Waals surface area contributed by atoms with Crippen LogP contribution in [0.25, 0.3) is 0 Å². The van der Waals surface area contributed by atoms with Crippen LogP contribution < -0.4 is 5.32 Å². The highest BCUT2D eigenvalue weighted by Gasteiger charge is 2.22. The van der Waals surface area contributed by atoms with Gasteiger partial charge in [0.2, 0.25) is 0 Å². The molecule has 0 spiro atoms. The first kappa shape index (κ1) is 16.4. The average Bonchev–Trinajstić information content (AvgIpc) is 2.42. The molecule has 2 nitrogen and oxygen atoms in total. The van der Waals surface area contributed by atoms with Gasteiger partial charge < -0.3 is 10.2 Å². The molecular formula is C16H29FN2. The van der Waals surface area contributed by atoms with E-state index in [2.05, 4.69) is 24.1 Å². The molecule has 19 heavy (non-hydrogen) atoms. The molecule has 1 N–H and O–H groups in total. The number of allylic oxidation sites excluding steroid dienone is 3. The number of hydrogen-bond acceptors (Lipinski definition) is 2. The maximum absolute atomic E-state index is 13.1. The number of nitrogens with zero attached hydrogens (tertiary/aromatic N) is 1. The van der Waals surface area contributed by atoms with Crippen LogP contribution in [-0.4, -0.2) is 37.6 Å². The molecule has 3 heteroatoms. The lowest BCUT2D eigenvalue weighted by Gasteiger charge is -2.32. The second-order valence-corrected chi connectivity index (χ2v) is 5.34. The zero-order valence-corrected chi connectivity index (χ0v) is 12.9. The van der Waals surface area contributed by atoms with Gasteiger partial charge in [-0.15, -0.1) is 0 Å². The summed E-state index contributed by atoms with van der Waals surface area (Å²) < 4.78 is 13.1. The highest BCUT2D eigenvalue weighted by Crippen LogP contribution is 2.30. The number of hydrogen-bond donors (Lipinski definition) is 1. The fourth-order valence-electron chi connectivity index (χ4n) is 2.87. The predicted octanol–water partition coefficient (Wildman–Crippen LogP) is 3.37. The molecule has 0 radical (unpaired) electrons. The maximum Gasteiger partial charge on any atom is 0.100 e. The molecular weight excluding hydrogens is 239 g/mol. The van der Waals surface area contributed by atoms with Gasteiger partial charge in [0.25, 0.3) is 0 Å². The topological polar surface area (TPSA) is 15.3 Å². The van der Waals surface area contributed by atoms with Crippen LogP contribution in [0.4, 0.5) is 4.39 Å². The molecule has 2 rings (SSSR count). The molecule has 1 saturated heterocycles. The standard InChI is InChI=1S/C14H23FN2.C2H6/c1-11-9-13(15)3-4-14(11)12(2)10-17-7-5-16-6-8-17;1-2/h3-4,11-12,16H,5-10H2,1-2H3;1-2H3/t11-,12?;/m0./s1. The van der Waals surface area contributed by atoms with Crippen molar-refractivity contribution < 1.29 is 4.39 Å². The van der Waals surface area contributed by atoms with Gasteiger partial charge in [-0.05, 0) is 17.9 Å². The minimum absolute atomic E-state index is 0.0237. The Hall–Kier alpha value is -0.670. The second-order valence-electron chi connectivity index (χ2n) is 5.34. The first-order valence-corrected chi connectivity index (χ1v) is 7.66. The summed E-state index contributed by atoms with van der Waals surface area (Å²) in [7, 11) is 0. The molecule has 0 aromatic heterocycles. The minimum atomic E-state index is 0.0237. The SMILES string of the molecule is CC.CC(CN1CCNCC1)C1=CC=C(F)C[C@@H]1C. The second kappa shape index (κ2) is 8.49. The van der Waals surface area contributed by atoms with Crippen molar-refractivity contribution in [2.45, 2.75) is 34.1 Å². The lowest BCUT2D eigenvalue weighted by atomic mass is 9.84. The Morgan fingerprint density at radius 3 is 2.53 bits per heavy atom. The van der Waals surface area contributed by atoms with E-state index in [9.17, 15) is 4.39 Å². The summed E-state index contributed by atoms with van der Waals surface area (Å²) in [6.45, 7) is 14.0. The molecule has 0 bridgehead atoms. The number of nitrogens with one attached hydrogen (secondary N) is 1. The molecule has 1 aliphatic heterocycles. The minimum Gasteiger partial charge on any atom is -0.314 e. The highest BCUT2D eigenvalue weighted by atomic mass is 19.1. The van der Waals surface area contributed by atoms with Gasteiger partial charge in [0.1, 0.15) is 5.83 Å². The number of halogens is 1. The van der Waals surface area contributed by atoms with Gasteiger partial charge >= 0.3 is 0 Å². The molecule has 0 amide bonds. The van der Waals surface area contributed by atoms with Crippen molar-refractivity contribution in [1.29, 1.82) is 0 Å². The van der Waals surface area contributed by atoms with E-state index in [1.807, 2.05) is 19.9 Å². The Labute approximate surface area is 117 Å². The summed E-state index contributed by atoms with van der Waals surface area (Å²) in [4.78, 5) is 2.50. The van der Waals surface area contributed by atoms with Gasteiger partial charge in [0, 0.05) is 39.1 Å². The van der Waals surface area contributed by atoms with Gasteiger partial charge in [0.05, 0.1) is 0 Å². The van der Waals surface area contributed by atoms with Crippen LogP contribution in [0.2, 0.25) is 0 Å². The van der Waals surface area contributed by atoms with E-state index in [0.717, 1.165) is 32.7 Å². The normalized spacial score (nSPS) is 25.8. The van der Waals surface area contributed by atoms with Crippen LogP contribution in [0.1, 0.15) is 34.1 Å². The molecule has 1 fully saturated rings. The van der Waals surface area contributed by atoms with Gasteiger partial charge in [-0.3, -0.25) is 0 Å². The van der Waals surface area contributed by atoms with Crippen molar-refractivity contribution in [2.24, 2.45) is 11.8 Å². The molecule has 1 heterocycles. The molecule has 2 aliphatic rings. The van der Waals surface area contributed by atoms with E-state index in [-0.39, 0.29) is 5.83 Å². The summed E-state index contributed by atoms with van der Waals surface area (Å²) in [5.41, 5.74) is 1.41. The summed E-state index contributed by atoms with van der Waals surface area (Å²) in [5, 5.41) is 3.37. The fourth-order valence-corrected chi connectivity index (χ4v) is 2.87. The predicted molar refractivity (Wildman–Crippen MR) is 80.9 cm³/mol. The molecule has 110 valence electrons. The van der Waals surface area contributed by atoms with Crippen LogP contribution in [0.3, 0.4) is 0 Å². The van der Waals surface area contributed by atoms with Crippen LogP contribution in [0, 0.1) is 11.8 Å². The summed E-state index contributed by atoms with van der Waals surface area (Å²) in [5.74, 6) is 0.918. The summed E-state index contributed by atoms with van der Waals surface area (Å²) in [6.07, 6.45) is 4.22. The van der Waals surface area contributed by atoms with E-state index in [0.29, 0.717) is 18.3 Å². The zero-order valence-electron chi connectivity index (χ0n) is 12.9. The Balaban J connectivity index is 0.000000861. The highest BCUT2D eigenvalue weighted by molar-refractivity contribution is 5.25. The van der Waals surface area contributed by atoms with Crippen molar-refractivity contribution in [3.05, 3.63) is 23.6 Å². The van der Waals surface area contributed by atoms with E-state index >= 15 is 0 Å². The van der Waals surface area contributed by atoms with Crippen LogP contribution >= 0.6 is 0 Å². The smallest absolute Gasteiger partial charge is 0.100 e. The maximum atomic E-state index is 13.1. The van der Waals surface area contributed by atoms with E-state index in [1.54, 1.807) is 6.08 Å². The van der Waals surface area contributed by atoms with E-state index < -0.39 is 0 Å². The first-order chi connectivity index (χ1) is 9.16. The lowest BCUT2D eigenvalue weighted by Crippen LogP contribution is -2.45. The Morgan fingerprint density at radius 1 is 1.32 bits per heavy atom. The quantitative estimate of drug-likeness (QED) is 0.844. The first-order valence-electron chi connectivity index (χ1n) is 7.66. The van der Waals surface area contributed by atoms with Crippen LogP contribution in [-0.2, 0) is 0 Å². The Bertz CT molecular complexity index is 317. The van der Waals surface area contributed by atoms with Gasteiger partial charge in [-0.25, -0.2) is 4.39 Å². The van der Waals surface area contributed by atoms with Crippen molar-refractivity contribution in [3.8, 4) is 0 Å². The molecule has 0 aromatic rings. The van der Waals surface area contributed by atoms with Gasteiger partial charge in [-0.2, -0.15) is 0 Å². The van der Waals surface area contributed by atoms with Crippen molar-refractivity contribution >= 4 is 0 Å². The molecule has 1 unspecified atom stereocenters. The van der Waals surface area contributed by atoms with E-state index in [4.69, 9.17) is 0 Å². The van der Waals surface area contributed by atoms with Gasteiger partial charge in [-0.1, -0.05) is 39.3 Å². The zero-order chi connectivity index (χ0) is 14.3. The molecule has 1 aliphatic carbocycles. The third-order valence-corrected chi connectivity index (χ3v) is 3.84. The van der Waals surface area contributed by atoms with Crippen LogP contribution in [0.15, 0.2) is 23.6 Å². The fraction of sp³-hybridized carbons (Fsp3) is 0.750. The Kier molecular flexibility index (Phi) is 7.32. The molecule has 0 saturated carbocycles. The largest absolute Gasteiger partial charge is 0.314 e. The summed E-state index contributed by atoms with van der Waals surface area (Å²) >= 11 is 0. The molecule has 2 atom stereocenters. The third-order valence-electron chi connectivity index (χ3n) is 3.84. The van der Waals surface area contributed by atoms with E-state index in [1.165, 1.54) is 5.57 Å². The van der Waals surface area contributed by atoms with Crippen molar-refractivity contribution in [2.75, 3.05) is 32.7 Å². The number of piperazine rings is 1. The lowest BCUT2D eigenvalue weighted by molar-refractivity contribution is 0.217. The summed E-state index contributed by atoms with van der Waals surface area (Å²) in [6, 6.07) is 0. The van der Waals surface area contributed by atoms with Crippen molar-refractivity contribution in [3.63, 3.8) is 0 Å².